The molecule has 0 aliphatic heterocycles. The van der Waals surface area contributed by atoms with Crippen molar-refractivity contribution in [1.82, 2.24) is 10.2 Å². The van der Waals surface area contributed by atoms with Gasteiger partial charge in [-0.15, -0.1) is 0 Å². The van der Waals surface area contributed by atoms with E-state index in [1.165, 1.54) is 11.1 Å². The van der Waals surface area contributed by atoms with Crippen LogP contribution in [0, 0.1) is 6.92 Å². The van der Waals surface area contributed by atoms with Crippen LogP contribution in [0.5, 0.6) is 0 Å². The van der Waals surface area contributed by atoms with E-state index in [1.807, 2.05) is 56.3 Å². The molecule has 0 bridgehead atoms. The Morgan fingerprint density at radius 3 is 2.05 bits per heavy atom. The van der Waals surface area contributed by atoms with Crippen LogP contribution in [-0.4, -0.2) is 29.3 Å². The van der Waals surface area contributed by atoms with E-state index in [0.717, 1.165) is 23.1 Å². The number of rotatable bonds is 11. The highest BCUT2D eigenvalue weighted by molar-refractivity contribution is 5.88. The summed E-state index contributed by atoms with van der Waals surface area (Å²) in [6, 6.07) is 26.1. The Labute approximate surface area is 223 Å². The van der Waals surface area contributed by atoms with Gasteiger partial charge in [0.25, 0.3) is 0 Å². The minimum atomic E-state index is -0.578. The smallest absolute Gasteiger partial charge is 0.243 e. The number of nitrogens with zero attached hydrogens (tertiary/aromatic N) is 1. The van der Waals surface area contributed by atoms with Gasteiger partial charge in [0.15, 0.2) is 0 Å². The van der Waals surface area contributed by atoms with Crippen LogP contribution < -0.4 is 5.32 Å². The normalized spacial score (nSPS) is 12.1. The molecule has 0 radical (unpaired) electrons. The van der Waals surface area contributed by atoms with Gasteiger partial charge < -0.3 is 10.2 Å². The average Bonchev–Trinajstić information content (AvgIpc) is 2.89. The Bertz CT molecular complexity index is 1130. The molecule has 3 aromatic rings. The van der Waals surface area contributed by atoms with Crippen LogP contribution in [0.4, 0.5) is 0 Å². The van der Waals surface area contributed by atoms with E-state index in [9.17, 15) is 9.59 Å². The summed E-state index contributed by atoms with van der Waals surface area (Å²) in [7, 11) is 0. The monoisotopic (exact) mass is 498 g/mol. The molecular formula is C33H42N2O2. The van der Waals surface area contributed by atoms with Crippen molar-refractivity contribution < 1.29 is 9.59 Å². The summed E-state index contributed by atoms with van der Waals surface area (Å²) in [5.74, 6) is -0.103. The molecule has 0 fully saturated rings. The maximum absolute atomic E-state index is 13.8. The highest BCUT2D eigenvalue weighted by atomic mass is 16.2. The number of hydrogen-bond donors (Lipinski definition) is 1. The maximum atomic E-state index is 13.8. The van der Waals surface area contributed by atoms with Crippen molar-refractivity contribution >= 4 is 11.8 Å². The molecule has 4 heteroatoms. The fraction of sp³-hybridized carbons (Fsp3) is 0.394. The second-order valence-corrected chi connectivity index (χ2v) is 11.0. The number of aryl methyl sites for hydroxylation is 2. The summed E-state index contributed by atoms with van der Waals surface area (Å²) in [5.41, 5.74) is 5.73. The quantitative estimate of drug-likeness (QED) is 0.333. The van der Waals surface area contributed by atoms with Crippen molar-refractivity contribution in [3.8, 4) is 0 Å². The summed E-state index contributed by atoms with van der Waals surface area (Å²) in [5, 5.41) is 3.04. The predicted octanol–water partition coefficient (Wildman–Crippen LogP) is 6.39. The number of carbonyl (C=O) groups excluding carboxylic acids is 2. The second kappa shape index (κ2) is 13.2. The maximum Gasteiger partial charge on any atom is 0.243 e. The van der Waals surface area contributed by atoms with E-state index in [2.05, 4.69) is 62.5 Å². The molecule has 4 nitrogen and oxygen atoms in total. The molecule has 2 amide bonds. The summed E-state index contributed by atoms with van der Waals surface area (Å²) in [6.07, 6.45) is 2.32. The van der Waals surface area contributed by atoms with Crippen LogP contribution in [0.2, 0.25) is 0 Å². The molecule has 0 unspecified atom stereocenters. The fourth-order valence-electron chi connectivity index (χ4n) is 4.38. The second-order valence-electron chi connectivity index (χ2n) is 11.0. The zero-order chi connectivity index (χ0) is 26.8. The minimum absolute atomic E-state index is 0.00643. The van der Waals surface area contributed by atoms with Gasteiger partial charge in [0, 0.05) is 25.9 Å². The topological polar surface area (TPSA) is 49.4 Å². The van der Waals surface area contributed by atoms with Gasteiger partial charge in [0.1, 0.15) is 6.04 Å². The van der Waals surface area contributed by atoms with E-state index in [0.29, 0.717) is 32.4 Å². The third-order valence-electron chi connectivity index (χ3n) is 6.74. The Balaban J connectivity index is 1.85. The van der Waals surface area contributed by atoms with Gasteiger partial charge >= 0.3 is 0 Å². The van der Waals surface area contributed by atoms with E-state index < -0.39 is 6.04 Å². The molecule has 3 rings (SSSR count). The van der Waals surface area contributed by atoms with Gasteiger partial charge in [-0.05, 0) is 47.4 Å². The van der Waals surface area contributed by atoms with Crippen LogP contribution in [-0.2, 0) is 34.4 Å². The fourth-order valence-corrected chi connectivity index (χ4v) is 4.38. The lowest BCUT2D eigenvalue weighted by atomic mass is 9.86. The molecule has 1 N–H and O–H groups in total. The van der Waals surface area contributed by atoms with Crippen molar-refractivity contribution in [2.45, 2.75) is 78.3 Å². The average molecular weight is 499 g/mol. The Morgan fingerprint density at radius 2 is 1.46 bits per heavy atom. The lowest BCUT2D eigenvalue weighted by Crippen LogP contribution is -2.50. The number of nitrogens with one attached hydrogen (secondary N) is 1. The van der Waals surface area contributed by atoms with Gasteiger partial charge in [-0.3, -0.25) is 9.59 Å². The summed E-state index contributed by atoms with van der Waals surface area (Å²) >= 11 is 0. The third-order valence-corrected chi connectivity index (χ3v) is 6.74. The van der Waals surface area contributed by atoms with Crippen molar-refractivity contribution in [3.05, 3.63) is 107 Å². The summed E-state index contributed by atoms with van der Waals surface area (Å²) in [6.45, 7) is 11.7. The van der Waals surface area contributed by atoms with E-state index >= 15 is 0 Å². The van der Waals surface area contributed by atoms with Crippen LogP contribution in [0.15, 0.2) is 78.9 Å². The molecular weight excluding hydrogens is 456 g/mol. The largest absolute Gasteiger partial charge is 0.354 e. The molecule has 1 atom stereocenters. The molecule has 0 aliphatic carbocycles. The molecule has 0 saturated heterocycles. The van der Waals surface area contributed by atoms with Gasteiger partial charge in [-0.1, -0.05) is 112 Å². The first-order valence-corrected chi connectivity index (χ1v) is 13.4. The molecule has 0 spiro atoms. The molecule has 0 aliphatic rings. The van der Waals surface area contributed by atoms with E-state index in [4.69, 9.17) is 0 Å². The molecule has 37 heavy (non-hydrogen) atoms. The standard InChI is InChI=1S/C33H42N2O2/c1-6-22-34-32(37)30(23-27-10-8-7-9-11-27)35(24-28-14-12-25(2)13-15-28)31(36)21-18-26-16-19-29(20-17-26)33(3,4)5/h7-17,19-20,30H,6,18,21-24H2,1-5H3,(H,34,37)/t30-/m0/s1. The van der Waals surface area contributed by atoms with Crippen molar-refractivity contribution in [2.24, 2.45) is 0 Å². The van der Waals surface area contributed by atoms with Crippen LogP contribution in [0.1, 0.15) is 68.4 Å². The predicted molar refractivity (Wildman–Crippen MR) is 152 cm³/mol. The van der Waals surface area contributed by atoms with Gasteiger partial charge in [0.05, 0.1) is 0 Å². The van der Waals surface area contributed by atoms with E-state index in [1.54, 1.807) is 4.90 Å². The molecule has 0 saturated carbocycles. The lowest BCUT2D eigenvalue weighted by Gasteiger charge is -2.32. The highest BCUT2D eigenvalue weighted by Crippen LogP contribution is 2.23. The first-order valence-electron chi connectivity index (χ1n) is 13.4. The van der Waals surface area contributed by atoms with Crippen LogP contribution in [0.3, 0.4) is 0 Å². The van der Waals surface area contributed by atoms with Gasteiger partial charge in [-0.2, -0.15) is 0 Å². The van der Waals surface area contributed by atoms with E-state index in [-0.39, 0.29) is 17.2 Å². The zero-order valence-electron chi connectivity index (χ0n) is 23.1. The Kier molecular flexibility index (Phi) is 10.1. The molecule has 196 valence electrons. The lowest BCUT2D eigenvalue weighted by molar-refractivity contribution is -0.141. The SMILES string of the molecule is CCCNC(=O)[C@H](Cc1ccccc1)N(Cc1ccc(C)cc1)C(=O)CCc1ccc(C(C)(C)C)cc1. The molecule has 0 heterocycles. The molecule has 3 aromatic carbocycles. The van der Waals surface area contributed by atoms with Gasteiger partial charge in [0.2, 0.25) is 11.8 Å². The number of carbonyl (C=O) groups is 2. The third kappa shape index (κ3) is 8.59. The first-order chi connectivity index (χ1) is 17.7. The minimum Gasteiger partial charge on any atom is -0.354 e. The van der Waals surface area contributed by atoms with Gasteiger partial charge in [-0.25, -0.2) is 0 Å². The number of hydrogen-bond acceptors (Lipinski definition) is 2. The first kappa shape index (κ1) is 28.2. The summed E-state index contributed by atoms with van der Waals surface area (Å²) < 4.78 is 0. The highest BCUT2D eigenvalue weighted by Gasteiger charge is 2.30. The number of amides is 2. The molecule has 0 aromatic heterocycles. The summed E-state index contributed by atoms with van der Waals surface area (Å²) in [4.78, 5) is 29.0. The number of benzene rings is 3. The van der Waals surface area contributed by atoms with Crippen LogP contribution in [0.25, 0.3) is 0 Å². The Morgan fingerprint density at radius 1 is 0.838 bits per heavy atom. The van der Waals surface area contributed by atoms with Crippen LogP contribution >= 0.6 is 0 Å². The zero-order valence-corrected chi connectivity index (χ0v) is 23.1. The van der Waals surface area contributed by atoms with Crippen molar-refractivity contribution in [2.75, 3.05) is 6.54 Å². The Hall–Kier alpha value is -3.40. The van der Waals surface area contributed by atoms with Crippen molar-refractivity contribution in [3.63, 3.8) is 0 Å². The van der Waals surface area contributed by atoms with Crippen molar-refractivity contribution in [1.29, 1.82) is 0 Å².